The Kier molecular flexibility index (Phi) is 6.87. The minimum Gasteiger partial charge on any atom is -0.444 e. The van der Waals surface area contributed by atoms with Gasteiger partial charge in [-0.25, -0.2) is 4.79 Å². The summed E-state index contributed by atoms with van der Waals surface area (Å²) in [6.45, 7) is 6.25. The van der Waals surface area contributed by atoms with Crippen LogP contribution in [0, 0.1) is 5.92 Å². The van der Waals surface area contributed by atoms with Crippen molar-refractivity contribution < 1.29 is 9.53 Å². The Bertz CT molecular complexity index is 241. The Hall–Kier alpha value is -0.480. The Morgan fingerprint density at radius 1 is 1.35 bits per heavy atom. The molecule has 0 aromatic carbocycles. The Morgan fingerprint density at radius 3 is 2.47 bits per heavy atom. The van der Waals surface area contributed by atoms with Gasteiger partial charge in [0.05, 0.1) is 0 Å². The van der Waals surface area contributed by atoms with Crippen LogP contribution in [-0.2, 0) is 4.74 Å². The van der Waals surface area contributed by atoms with Crippen molar-refractivity contribution in [1.29, 1.82) is 0 Å². The van der Waals surface area contributed by atoms with E-state index in [2.05, 4.69) is 5.32 Å². The Labute approximate surface area is 110 Å². The molecule has 1 rings (SSSR count). The van der Waals surface area contributed by atoms with Crippen LogP contribution in [0.1, 0.15) is 46.5 Å². The lowest BCUT2D eigenvalue weighted by Gasteiger charge is -2.32. The van der Waals surface area contributed by atoms with E-state index in [1.54, 1.807) is 0 Å². The van der Waals surface area contributed by atoms with Gasteiger partial charge in [-0.3, -0.25) is 0 Å². The van der Waals surface area contributed by atoms with Crippen molar-refractivity contribution in [2.24, 2.45) is 11.7 Å². The number of nitrogens with one attached hydrogen (secondary N) is 1. The third-order valence-corrected chi connectivity index (χ3v) is 2.91. The van der Waals surface area contributed by atoms with Crippen molar-refractivity contribution >= 4 is 18.5 Å². The van der Waals surface area contributed by atoms with Crippen molar-refractivity contribution in [1.82, 2.24) is 5.32 Å². The maximum absolute atomic E-state index is 11.6. The molecule has 1 amide bonds. The quantitative estimate of drug-likeness (QED) is 0.805. The monoisotopic (exact) mass is 264 g/mol. The van der Waals surface area contributed by atoms with Gasteiger partial charge in [0, 0.05) is 6.04 Å². The van der Waals surface area contributed by atoms with Gasteiger partial charge >= 0.3 is 6.09 Å². The molecule has 0 aromatic heterocycles. The standard InChI is InChI=1S/C12H24N2O2.ClH/c1-12(2,3)16-11(15)14-10-7-5-4-6-9(10)8-13;/h9-10H,4-8,13H2,1-3H3,(H,14,15);1H/t9-,10-;/m1./s1. The highest BCUT2D eigenvalue weighted by Gasteiger charge is 2.27. The summed E-state index contributed by atoms with van der Waals surface area (Å²) < 4.78 is 5.24. The zero-order chi connectivity index (χ0) is 12.2. The van der Waals surface area contributed by atoms with Crippen LogP contribution in [0.3, 0.4) is 0 Å². The molecule has 3 N–H and O–H groups in total. The van der Waals surface area contributed by atoms with E-state index in [4.69, 9.17) is 10.5 Å². The normalized spacial score (nSPS) is 24.7. The average Bonchev–Trinajstić information content (AvgIpc) is 2.15. The molecule has 4 nitrogen and oxygen atoms in total. The van der Waals surface area contributed by atoms with Gasteiger partial charge in [-0.15, -0.1) is 12.4 Å². The first kappa shape index (κ1) is 16.5. The summed E-state index contributed by atoms with van der Waals surface area (Å²) in [5.74, 6) is 0.404. The molecule has 0 radical (unpaired) electrons. The van der Waals surface area contributed by atoms with E-state index in [0.717, 1.165) is 19.3 Å². The second-order valence-corrected chi connectivity index (χ2v) is 5.53. The third kappa shape index (κ3) is 6.13. The predicted octanol–water partition coefficient (Wildman–Crippen LogP) is 2.45. The maximum Gasteiger partial charge on any atom is 0.407 e. The van der Waals surface area contributed by atoms with E-state index >= 15 is 0 Å². The Balaban J connectivity index is 0.00000256. The topological polar surface area (TPSA) is 64.3 Å². The van der Waals surface area contributed by atoms with Crippen molar-refractivity contribution in [2.75, 3.05) is 6.54 Å². The van der Waals surface area contributed by atoms with Crippen molar-refractivity contribution in [2.45, 2.75) is 58.1 Å². The SMILES string of the molecule is CC(C)(C)OC(=O)N[C@@H]1CCCC[C@@H]1CN.Cl. The molecule has 102 valence electrons. The van der Waals surface area contributed by atoms with Gasteiger partial charge < -0.3 is 15.8 Å². The van der Waals surface area contributed by atoms with Crippen LogP contribution in [0.5, 0.6) is 0 Å². The molecule has 0 bridgehead atoms. The number of alkyl carbamates (subject to hydrolysis) is 1. The summed E-state index contributed by atoms with van der Waals surface area (Å²) in [6.07, 6.45) is 4.18. The molecule has 0 unspecified atom stereocenters. The van der Waals surface area contributed by atoms with Gasteiger partial charge in [-0.1, -0.05) is 12.8 Å². The first-order valence-electron chi connectivity index (χ1n) is 6.12. The number of rotatable bonds is 2. The number of hydrogen-bond acceptors (Lipinski definition) is 3. The third-order valence-electron chi connectivity index (χ3n) is 2.91. The van der Waals surface area contributed by atoms with E-state index in [1.165, 1.54) is 6.42 Å². The molecule has 1 fully saturated rings. The van der Waals surface area contributed by atoms with E-state index < -0.39 is 5.60 Å². The zero-order valence-corrected chi connectivity index (χ0v) is 11.8. The maximum atomic E-state index is 11.6. The van der Waals surface area contributed by atoms with Crippen LogP contribution < -0.4 is 11.1 Å². The lowest BCUT2D eigenvalue weighted by atomic mass is 9.85. The van der Waals surface area contributed by atoms with Gasteiger partial charge in [-0.2, -0.15) is 0 Å². The van der Waals surface area contributed by atoms with Crippen LogP contribution in [0.15, 0.2) is 0 Å². The highest BCUT2D eigenvalue weighted by Crippen LogP contribution is 2.23. The highest BCUT2D eigenvalue weighted by molar-refractivity contribution is 5.85. The van der Waals surface area contributed by atoms with E-state index in [1.807, 2.05) is 20.8 Å². The lowest BCUT2D eigenvalue weighted by molar-refractivity contribution is 0.0471. The molecule has 1 aliphatic rings. The number of carbonyl (C=O) groups is 1. The largest absolute Gasteiger partial charge is 0.444 e. The molecule has 0 aromatic rings. The fraction of sp³-hybridized carbons (Fsp3) is 0.917. The highest BCUT2D eigenvalue weighted by atomic mass is 35.5. The predicted molar refractivity (Wildman–Crippen MR) is 71.4 cm³/mol. The van der Waals surface area contributed by atoms with Crippen molar-refractivity contribution in [3.8, 4) is 0 Å². The summed E-state index contributed by atoms with van der Waals surface area (Å²) in [7, 11) is 0. The van der Waals surface area contributed by atoms with E-state index in [0.29, 0.717) is 12.5 Å². The smallest absolute Gasteiger partial charge is 0.407 e. The average molecular weight is 265 g/mol. The molecule has 5 heteroatoms. The minimum atomic E-state index is -0.434. The first-order valence-corrected chi connectivity index (χ1v) is 6.12. The zero-order valence-electron chi connectivity index (χ0n) is 11.0. The molecular weight excluding hydrogens is 240 g/mol. The summed E-state index contributed by atoms with van der Waals surface area (Å²) in [6, 6.07) is 0.189. The fourth-order valence-corrected chi connectivity index (χ4v) is 2.14. The molecule has 1 aliphatic carbocycles. The van der Waals surface area contributed by atoms with Gasteiger partial charge in [0.25, 0.3) is 0 Å². The molecule has 17 heavy (non-hydrogen) atoms. The number of ether oxygens (including phenoxy) is 1. The summed E-state index contributed by atoms with van der Waals surface area (Å²) in [5.41, 5.74) is 5.27. The van der Waals surface area contributed by atoms with Gasteiger partial charge in [0.15, 0.2) is 0 Å². The first-order chi connectivity index (χ1) is 7.42. The number of carbonyl (C=O) groups excluding carboxylic acids is 1. The molecule has 0 saturated heterocycles. The number of nitrogens with two attached hydrogens (primary N) is 1. The summed E-state index contributed by atoms with van der Waals surface area (Å²) in [5, 5.41) is 2.94. The van der Waals surface area contributed by atoms with Gasteiger partial charge in [0.1, 0.15) is 5.60 Å². The van der Waals surface area contributed by atoms with Gasteiger partial charge in [0.2, 0.25) is 0 Å². The lowest BCUT2D eigenvalue weighted by Crippen LogP contribution is -2.46. The number of hydrogen-bond donors (Lipinski definition) is 2. The molecule has 0 spiro atoms. The molecule has 2 atom stereocenters. The summed E-state index contributed by atoms with van der Waals surface area (Å²) >= 11 is 0. The minimum absolute atomic E-state index is 0. The van der Waals surface area contributed by atoms with E-state index in [-0.39, 0.29) is 24.5 Å². The van der Waals surface area contributed by atoms with Crippen molar-refractivity contribution in [3.05, 3.63) is 0 Å². The van der Waals surface area contributed by atoms with Gasteiger partial charge in [-0.05, 0) is 46.1 Å². The number of halogens is 1. The molecule has 0 aliphatic heterocycles. The van der Waals surface area contributed by atoms with Crippen LogP contribution >= 0.6 is 12.4 Å². The molecule has 0 heterocycles. The number of amides is 1. The molecule has 1 saturated carbocycles. The second-order valence-electron chi connectivity index (χ2n) is 5.53. The van der Waals surface area contributed by atoms with Crippen molar-refractivity contribution in [3.63, 3.8) is 0 Å². The van der Waals surface area contributed by atoms with Crippen LogP contribution in [0.4, 0.5) is 4.79 Å². The fourth-order valence-electron chi connectivity index (χ4n) is 2.14. The molecular formula is C12H25ClN2O2. The second kappa shape index (κ2) is 7.07. The van der Waals surface area contributed by atoms with Crippen LogP contribution in [0.2, 0.25) is 0 Å². The van der Waals surface area contributed by atoms with Crippen LogP contribution in [0.25, 0.3) is 0 Å². The van der Waals surface area contributed by atoms with Crippen LogP contribution in [-0.4, -0.2) is 24.3 Å². The summed E-state index contributed by atoms with van der Waals surface area (Å²) in [4.78, 5) is 11.6. The van der Waals surface area contributed by atoms with E-state index in [9.17, 15) is 4.79 Å². The Morgan fingerprint density at radius 2 is 1.94 bits per heavy atom.